The third kappa shape index (κ3) is 3.60. The molecule has 3 aromatic rings. The summed E-state index contributed by atoms with van der Waals surface area (Å²) in [5.41, 5.74) is 2.76. The molecular formula is C19H23N3O3. The van der Waals surface area contributed by atoms with Crippen LogP contribution in [0.2, 0.25) is 0 Å². The van der Waals surface area contributed by atoms with E-state index in [0.29, 0.717) is 30.2 Å². The standard InChI is InChI=1S/C19H23N3O3/c1-22-16-7-5-4-6-15(16)21-19(22)12-20-11-17(23)14-10-13(24-2)8-9-18(14)25-3/h4-10,17,20,23H,11-12H2,1-3H3. The maximum atomic E-state index is 10.5. The molecule has 1 aromatic heterocycles. The van der Waals surface area contributed by atoms with Crippen LogP contribution in [-0.4, -0.2) is 35.4 Å². The van der Waals surface area contributed by atoms with Crippen LogP contribution in [0, 0.1) is 0 Å². The van der Waals surface area contributed by atoms with Crippen LogP contribution in [0.25, 0.3) is 11.0 Å². The van der Waals surface area contributed by atoms with Gasteiger partial charge < -0.3 is 24.5 Å². The molecule has 3 rings (SSSR count). The molecule has 132 valence electrons. The van der Waals surface area contributed by atoms with Crippen LogP contribution in [0.15, 0.2) is 42.5 Å². The SMILES string of the molecule is COc1ccc(OC)c(C(O)CNCc2nc3ccccc3n2C)c1. The lowest BCUT2D eigenvalue weighted by molar-refractivity contribution is 0.169. The van der Waals surface area contributed by atoms with Gasteiger partial charge in [0.1, 0.15) is 17.3 Å². The Kier molecular flexibility index (Phi) is 5.21. The number of rotatable bonds is 7. The topological polar surface area (TPSA) is 68.5 Å². The number of nitrogens with zero attached hydrogens (tertiary/aromatic N) is 2. The maximum Gasteiger partial charge on any atom is 0.124 e. The van der Waals surface area contributed by atoms with Gasteiger partial charge in [0, 0.05) is 19.2 Å². The zero-order chi connectivity index (χ0) is 17.8. The Morgan fingerprint density at radius 2 is 1.96 bits per heavy atom. The molecule has 0 saturated carbocycles. The van der Waals surface area contributed by atoms with Gasteiger partial charge >= 0.3 is 0 Å². The van der Waals surface area contributed by atoms with Gasteiger partial charge in [-0.3, -0.25) is 0 Å². The lowest BCUT2D eigenvalue weighted by Gasteiger charge is -2.16. The van der Waals surface area contributed by atoms with Crippen LogP contribution in [0.5, 0.6) is 11.5 Å². The summed E-state index contributed by atoms with van der Waals surface area (Å²) in [6.45, 7) is 0.946. The second-order valence-corrected chi connectivity index (χ2v) is 5.83. The zero-order valence-electron chi connectivity index (χ0n) is 14.7. The predicted octanol–water partition coefficient (Wildman–Crippen LogP) is 2.41. The molecule has 2 N–H and O–H groups in total. The monoisotopic (exact) mass is 341 g/mol. The Labute approximate surface area is 147 Å². The number of hydrogen-bond donors (Lipinski definition) is 2. The summed E-state index contributed by atoms with van der Waals surface area (Å²) in [5, 5.41) is 13.8. The molecule has 1 unspecified atom stereocenters. The number of hydrogen-bond acceptors (Lipinski definition) is 5. The van der Waals surface area contributed by atoms with Crippen LogP contribution >= 0.6 is 0 Å². The molecule has 0 spiro atoms. The van der Waals surface area contributed by atoms with Crippen molar-refractivity contribution in [1.82, 2.24) is 14.9 Å². The molecule has 6 heteroatoms. The molecule has 1 atom stereocenters. The molecule has 0 aliphatic carbocycles. The first-order valence-corrected chi connectivity index (χ1v) is 8.15. The van der Waals surface area contributed by atoms with Crippen molar-refractivity contribution in [3.63, 3.8) is 0 Å². The van der Waals surface area contributed by atoms with Crippen molar-refractivity contribution < 1.29 is 14.6 Å². The third-order valence-corrected chi connectivity index (χ3v) is 4.30. The van der Waals surface area contributed by atoms with Gasteiger partial charge in [-0.15, -0.1) is 0 Å². The van der Waals surface area contributed by atoms with Crippen molar-refractivity contribution in [1.29, 1.82) is 0 Å². The second-order valence-electron chi connectivity index (χ2n) is 5.83. The molecule has 2 aromatic carbocycles. The summed E-state index contributed by atoms with van der Waals surface area (Å²) >= 11 is 0. The number of imidazole rings is 1. The fourth-order valence-electron chi connectivity index (χ4n) is 2.88. The number of fused-ring (bicyclic) bond motifs is 1. The predicted molar refractivity (Wildman–Crippen MR) is 96.9 cm³/mol. The molecule has 6 nitrogen and oxygen atoms in total. The minimum absolute atomic E-state index is 0.382. The van der Waals surface area contributed by atoms with Gasteiger partial charge in [-0.2, -0.15) is 0 Å². The van der Waals surface area contributed by atoms with Crippen molar-refractivity contribution in [2.24, 2.45) is 7.05 Å². The molecule has 1 heterocycles. The van der Waals surface area contributed by atoms with Crippen LogP contribution in [0.1, 0.15) is 17.5 Å². The molecule has 25 heavy (non-hydrogen) atoms. The second kappa shape index (κ2) is 7.55. The van der Waals surface area contributed by atoms with Crippen LogP contribution < -0.4 is 14.8 Å². The summed E-state index contributed by atoms with van der Waals surface area (Å²) < 4.78 is 12.6. The molecule has 0 radical (unpaired) electrons. The Morgan fingerprint density at radius 3 is 2.68 bits per heavy atom. The number of benzene rings is 2. The lowest BCUT2D eigenvalue weighted by Crippen LogP contribution is -2.23. The van der Waals surface area contributed by atoms with E-state index in [0.717, 1.165) is 16.9 Å². The van der Waals surface area contributed by atoms with Crippen molar-refractivity contribution in [3.8, 4) is 11.5 Å². The first-order chi connectivity index (χ1) is 12.1. The number of aromatic nitrogens is 2. The van der Waals surface area contributed by atoms with Crippen molar-refractivity contribution >= 4 is 11.0 Å². The molecule has 0 aliphatic heterocycles. The number of nitrogens with one attached hydrogen (secondary N) is 1. The minimum atomic E-state index is -0.709. The number of ether oxygens (including phenoxy) is 2. The highest BCUT2D eigenvalue weighted by Crippen LogP contribution is 2.29. The number of methoxy groups -OCH3 is 2. The summed E-state index contributed by atoms with van der Waals surface area (Å²) in [7, 11) is 5.18. The average Bonchev–Trinajstić information content (AvgIpc) is 2.97. The van der Waals surface area contributed by atoms with E-state index in [-0.39, 0.29) is 0 Å². The Morgan fingerprint density at radius 1 is 1.16 bits per heavy atom. The molecular weight excluding hydrogens is 318 g/mol. The number of para-hydroxylation sites is 2. The summed E-state index contributed by atoms with van der Waals surface area (Å²) in [4.78, 5) is 4.62. The van der Waals surface area contributed by atoms with Gasteiger partial charge in [0.2, 0.25) is 0 Å². The van der Waals surface area contributed by atoms with Crippen LogP contribution in [-0.2, 0) is 13.6 Å². The molecule has 0 aliphatic rings. The van der Waals surface area contributed by atoms with E-state index in [9.17, 15) is 5.11 Å². The van der Waals surface area contributed by atoms with Gasteiger partial charge in [-0.05, 0) is 30.3 Å². The van der Waals surface area contributed by atoms with Crippen LogP contribution in [0.3, 0.4) is 0 Å². The third-order valence-electron chi connectivity index (χ3n) is 4.30. The highest BCUT2D eigenvalue weighted by molar-refractivity contribution is 5.75. The Bertz CT molecular complexity index is 860. The van der Waals surface area contributed by atoms with E-state index in [1.807, 2.05) is 37.4 Å². The Hall–Kier alpha value is -2.57. The first-order valence-electron chi connectivity index (χ1n) is 8.15. The number of aliphatic hydroxyl groups is 1. The van der Waals surface area contributed by atoms with Gasteiger partial charge in [-0.1, -0.05) is 12.1 Å². The van der Waals surface area contributed by atoms with Gasteiger partial charge in [-0.25, -0.2) is 4.98 Å². The van der Waals surface area contributed by atoms with E-state index in [4.69, 9.17) is 9.47 Å². The minimum Gasteiger partial charge on any atom is -0.497 e. The first kappa shape index (κ1) is 17.3. The maximum absolute atomic E-state index is 10.5. The van der Waals surface area contributed by atoms with Crippen molar-refractivity contribution in [2.45, 2.75) is 12.6 Å². The highest BCUT2D eigenvalue weighted by Gasteiger charge is 2.15. The quantitative estimate of drug-likeness (QED) is 0.691. The number of aryl methyl sites for hydroxylation is 1. The van der Waals surface area contributed by atoms with E-state index in [2.05, 4.69) is 14.9 Å². The van der Waals surface area contributed by atoms with Gasteiger partial charge in [0.05, 0.1) is 37.9 Å². The Balaban J connectivity index is 1.68. The smallest absolute Gasteiger partial charge is 0.124 e. The summed E-state index contributed by atoms with van der Waals surface area (Å²) in [6.07, 6.45) is -0.709. The lowest BCUT2D eigenvalue weighted by atomic mass is 10.1. The van der Waals surface area contributed by atoms with Gasteiger partial charge in [0.15, 0.2) is 0 Å². The zero-order valence-corrected chi connectivity index (χ0v) is 14.7. The molecule has 0 fully saturated rings. The van der Waals surface area contributed by atoms with E-state index < -0.39 is 6.10 Å². The van der Waals surface area contributed by atoms with Crippen molar-refractivity contribution in [3.05, 3.63) is 53.9 Å². The summed E-state index contributed by atoms with van der Waals surface area (Å²) in [6, 6.07) is 13.4. The largest absolute Gasteiger partial charge is 0.497 e. The molecule has 0 bridgehead atoms. The number of aliphatic hydroxyl groups excluding tert-OH is 1. The van der Waals surface area contributed by atoms with E-state index >= 15 is 0 Å². The van der Waals surface area contributed by atoms with E-state index in [1.54, 1.807) is 26.4 Å². The fourth-order valence-corrected chi connectivity index (χ4v) is 2.88. The molecule has 0 saturated heterocycles. The van der Waals surface area contributed by atoms with E-state index in [1.165, 1.54) is 0 Å². The highest BCUT2D eigenvalue weighted by atomic mass is 16.5. The normalized spacial score (nSPS) is 12.3. The van der Waals surface area contributed by atoms with Crippen molar-refractivity contribution in [2.75, 3.05) is 20.8 Å². The molecule has 0 amide bonds. The summed E-state index contributed by atoms with van der Waals surface area (Å²) in [5.74, 6) is 2.24. The fraction of sp³-hybridized carbons (Fsp3) is 0.316. The van der Waals surface area contributed by atoms with Crippen LogP contribution in [0.4, 0.5) is 0 Å². The average molecular weight is 341 g/mol. The van der Waals surface area contributed by atoms with Gasteiger partial charge in [0.25, 0.3) is 0 Å².